The molecule has 0 spiro atoms. The molecule has 0 aliphatic rings. The molecule has 0 saturated carbocycles. The Bertz CT molecular complexity index is 366. The second-order valence-electron chi connectivity index (χ2n) is 5.23. The first-order chi connectivity index (χ1) is 9.63. The Morgan fingerprint density at radius 2 is 1.90 bits per heavy atom. The highest BCUT2D eigenvalue weighted by molar-refractivity contribution is 5.27. The third-order valence-corrected chi connectivity index (χ3v) is 3.39. The van der Waals surface area contributed by atoms with Crippen molar-refractivity contribution in [1.29, 1.82) is 0 Å². The smallest absolute Gasteiger partial charge is 0.119 e. The van der Waals surface area contributed by atoms with Crippen LogP contribution in [0, 0.1) is 0 Å². The van der Waals surface area contributed by atoms with Crippen LogP contribution in [0.2, 0.25) is 0 Å². The molecule has 0 fully saturated rings. The third-order valence-electron chi connectivity index (χ3n) is 3.39. The van der Waals surface area contributed by atoms with Gasteiger partial charge in [-0.15, -0.1) is 0 Å². The average Bonchev–Trinajstić information content (AvgIpc) is 2.47. The number of aliphatic hydroxyl groups excluding tert-OH is 1. The lowest BCUT2D eigenvalue weighted by Gasteiger charge is -2.28. The van der Waals surface area contributed by atoms with Gasteiger partial charge in [-0.1, -0.05) is 19.1 Å². The SMILES string of the molecule is CCNC(C)(CO)CCOc1ccc(CCOC)cc1. The molecule has 1 unspecified atom stereocenters. The van der Waals surface area contributed by atoms with Gasteiger partial charge in [0.25, 0.3) is 0 Å². The summed E-state index contributed by atoms with van der Waals surface area (Å²) in [4.78, 5) is 0. The molecule has 0 radical (unpaired) electrons. The van der Waals surface area contributed by atoms with Crippen molar-refractivity contribution < 1.29 is 14.6 Å². The maximum absolute atomic E-state index is 9.40. The number of hydrogen-bond donors (Lipinski definition) is 2. The summed E-state index contributed by atoms with van der Waals surface area (Å²) in [6.45, 7) is 6.31. The quantitative estimate of drug-likeness (QED) is 0.689. The van der Waals surface area contributed by atoms with Gasteiger partial charge in [-0.2, -0.15) is 0 Å². The second-order valence-corrected chi connectivity index (χ2v) is 5.23. The van der Waals surface area contributed by atoms with Crippen molar-refractivity contribution in [2.45, 2.75) is 32.2 Å². The number of ether oxygens (including phenoxy) is 2. The molecule has 0 aliphatic carbocycles. The zero-order valence-corrected chi connectivity index (χ0v) is 12.8. The maximum atomic E-state index is 9.40. The van der Waals surface area contributed by atoms with E-state index in [-0.39, 0.29) is 12.1 Å². The summed E-state index contributed by atoms with van der Waals surface area (Å²) in [5.41, 5.74) is 0.972. The number of rotatable bonds is 10. The summed E-state index contributed by atoms with van der Waals surface area (Å²) in [5.74, 6) is 0.864. The zero-order valence-electron chi connectivity index (χ0n) is 12.8. The zero-order chi connectivity index (χ0) is 14.8. The van der Waals surface area contributed by atoms with Crippen LogP contribution >= 0.6 is 0 Å². The van der Waals surface area contributed by atoms with Gasteiger partial charge in [0.05, 0.1) is 19.8 Å². The van der Waals surface area contributed by atoms with Crippen molar-refractivity contribution in [1.82, 2.24) is 5.32 Å². The van der Waals surface area contributed by atoms with Gasteiger partial charge < -0.3 is 19.9 Å². The van der Waals surface area contributed by atoms with Crippen LogP contribution in [0.4, 0.5) is 0 Å². The predicted molar refractivity (Wildman–Crippen MR) is 81.3 cm³/mol. The lowest BCUT2D eigenvalue weighted by Crippen LogP contribution is -2.46. The summed E-state index contributed by atoms with van der Waals surface area (Å²) in [5, 5.41) is 12.7. The van der Waals surface area contributed by atoms with Crippen molar-refractivity contribution in [3.63, 3.8) is 0 Å². The van der Waals surface area contributed by atoms with E-state index in [1.54, 1.807) is 7.11 Å². The van der Waals surface area contributed by atoms with Gasteiger partial charge in [-0.25, -0.2) is 0 Å². The van der Waals surface area contributed by atoms with Crippen LogP contribution in [-0.2, 0) is 11.2 Å². The van der Waals surface area contributed by atoms with E-state index in [0.29, 0.717) is 6.61 Å². The van der Waals surface area contributed by atoms with Gasteiger partial charge in [0.1, 0.15) is 5.75 Å². The lowest BCUT2D eigenvalue weighted by atomic mass is 10.00. The summed E-state index contributed by atoms with van der Waals surface area (Å²) in [7, 11) is 1.71. The third kappa shape index (κ3) is 5.90. The van der Waals surface area contributed by atoms with Crippen LogP contribution in [-0.4, -0.2) is 44.1 Å². The Hall–Kier alpha value is -1.10. The van der Waals surface area contributed by atoms with Crippen molar-refractivity contribution in [3.8, 4) is 5.75 Å². The van der Waals surface area contributed by atoms with Gasteiger partial charge in [-0.3, -0.25) is 0 Å². The van der Waals surface area contributed by atoms with Crippen LogP contribution in [0.3, 0.4) is 0 Å². The molecule has 1 rings (SSSR count). The first kappa shape index (κ1) is 17.0. The lowest BCUT2D eigenvalue weighted by molar-refractivity contribution is 0.146. The average molecular weight is 281 g/mol. The molecule has 114 valence electrons. The second kappa shape index (κ2) is 8.95. The Kier molecular flexibility index (Phi) is 7.59. The molecule has 0 aromatic heterocycles. The molecule has 1 aromatic carbocycles. The van der Waals surface area contributed by atoms with Crippen LogP contribution in [0.15, 0.2) is 24.3 Å². The van der Waals surface area contributed by atoms with Gasteiger partial charge in [0.15, 0.2) is 0 Å². The maximum Gasteiger partial charge on any atom is 0.119 e. The van der Waals surface area contributed by atoms with Crippen LogP contribution in [0.1, 0.15) is 25.8 Å². The van der Waals surface area contributed by atoms with Gasteiger partial charge in [-0.05, 0) is 37.6 Å². The molecular weight excluding hydrogens is 254 g/mol. The molecule has 0 heterocycles. The van der Waals surface area contributed by atoms with E-state index in [4.69, 9.17) is 9.47 Å². The molecule has 4 heteroatoms. The van der Waals surface area contributed by atoms with Gasteiger partial charge in [0, 0.05) is 19.1 Å². The van der Waals surface area contributed by atoms with E-state index < -0.39 is 0 Å². The Balaban J connectivity index is 2.38. The standard InChI is InChI=1S/C16H27NO3/c1-4-17-16(2,13-18)10-12-20-15-7-5-14(6-8-15)9-11-19-3/h5-8,17-18H,4,9-13H2,1-3H3. The minimum Gasteiger partial charge on any atom is -0.494 e. The number of aliphatic hydroxyl groups is 1. The molecule has 20 heavy (non-hydrogen) atoms. The molecule has 1 atom stereocenters. The Labute approximate surface area is 122 Å². The molecule has 1 aromatic rings. The van der Waals surface area contributed by atoms with E-state index in [1.807, 2.05) is 26.0 Å². The normalized spacial score (nSPS) is 14.0. The Morgan fingerprint density at radius 3 is 2.45 bits per heavy atom. The number of methoxy groups -OCH3 is 1. The predicted octanol–water partition coefficient (Wildman–Crippen LogP) is 2.00. The number of hydrogen-bond acceptors (Lipinski definition) is 4. The fourth-order valence-corrected chi connectivity index (χ4v) is 2.02. The minimum atomic E-state index is -0.271. The van der Waals surface area contributed by atoms with Crippen molar-refractivity contribution in [2.24, 2.45) is 0 Å². The summed E-state index contributed by atoms with van der Waals surface area (Å²) >= 11 is 0. The summed E-state index contributed by atoms with van der Waals surface area (Å²) < 4.78 is 10.8. The number of nitrogens with one attached hydrogen (secondary N) is 1. The molecular formula is C16H27NO3. The van der Waals surface area contributed by atoms with E-state index >= 15 is 0 Å². The number of benzene rings is 1. The van der Waals surface area contributed by atoms with Crippen molar-refractivity contribution in [2.75, 3.05) is 33.5 Å². The largest absolute Gasteiger partial charge is 0.494 e. The molecule has 4 nitrogen and oxygen atoms in total. The van der Waals surface area contributed by atoms with E-state index in [2.05, 4.69) is 17.4 Å². The van der Waals surface area contributed by atoms with E-state index in [0.717, 1.165) is 31.7 Å². The molecule has 0 saturated heterocycles. The van der Waals surface area contributed by atoms with Gasteiger partial charge in [0.2, 0.25) is 0 Å². The van der Waals surface area contributed by atoms with Gasteiger partial charge >= 0.3 is 0 Å². The highest BCUT2D eigenvalue weighted by atomic mass is 16.5. The van der Waals surface area contributed by atoms with E-state index in [9.17, 15) is 5.11 Å². The van der Waals surface area contributed by atoms with Crippen LogP contribution < -0.4 is 10.1 Å². The van der Waals surface area contributed by atoms with E-state index in [1.165, 1.54) is 5.56 Å². The van der Waals surface area contributed by atoms with Crippen LogP contribution in [0.5, 0.6) is 5.75 Å². The highest BCUT2D eigenvalue weighted by Gasteiger charge is 2.21. The molecule has 0 amide bonds. The summed E-state index contributed by atoms with van der Waals surface area (Å²) in [6, 6.07) is 8.08. The minimum absolute atomic E-state index is 0.111. The van der Waals surface area contributed by atoms with Crippen molar-refractivity contribution >= 4 is 0 Å². The van der Waals surface area contributed by atoms with Crippen LogP contribution in [0.25, 0.3) is 0 Å². The van der Waals surface area contributed by atoms with Crippen molar-refractivity contribution in [3.05, 3.63) is 29.8 Å². The topological polar surface area (TPSA) is 50.7 Å². The molecule has 0 bridgehead atoms. The Morgan fingerprint density at radius 1 is 1.20 bits per heavy atom. The molecule has 0 aliphatic heterocycles. The molecule has 2 N–H and O–H groups in total. The first-order valence-corrected chi connectivity index (χ1v) is 7.20. The first-order valence-electron chi connectivity index (χ1n) is 7.20. The summed E-state index contributed by atoms with van der Waals surface area (Å²) in [6.07, 6.45) is 1.68. The fraction of sp³-hybridized carbons (Fsp3) is 0.625. The fourth-order valence-electron chi connectivity index (χ4n) is 2.02. The monoisotopic (exact) mass is 281 g/mol. The highest BCUT2D eigenvalue weighted by Crippen LogP contribution is 2.15. The number of likely N-dealkylation sites (N-methyl/N-ethyl adjacent to an activating group) is 1.